The molecule has 1 atom stereocenters. The predicted molar refractivity (Wildman–Crippen MR) is 75.8 cm³/mol. The van der Waals surface area contributed by atoms with Crippen molar-refractivity contribution in [3.63, 3.8) is 0 Å². The molecule has 0 spiro atoms. The fourth-order valence-electron chi connectivity index (χ4n) is 1.57. The third-order valence-corrected chi connectivity index (χ3v) is 2.29. The second-order valence-electron chi connectivity index (χ2n) is 4.67. The highest BCUT2D eigenvalue weighted by atomic mass is 16.5. The van der Waals surface area contributed by atoms with Crippen molar-refractivity contribution in [2.45, 2.75) is 39.3 Å². The highest BCUT2D eigenvalue weighted by molar-refractivity contribution is 5.71. The first-order valence-electron chi connectivity index (χ1n) is 6.31. The zero-order chi connectivity index (χ0) is 14.3. The highest BCUT2D eigenvalue weighted by Crippen LogP contribution is 2.14. The number of urea groups is 1. The van der Waals surface area contributed by atoms with E-state index in [1.165, 1.54) is 0 Å². The van der Waals surface area contributed by atoms with E-state index in [1.54, 1.807) is 12.4 Å². The minimum absolute atomic E-state index is 0.0109. The van der Waals surface area contributed by atoms with E-state index in [2.05, 4.69) is 10.3 Å². The van der Waals surface area contributed by atoms with E-state index in [0.29, 0.717) is 6.42 Å². The second kappa shape index (κ2) is 7.41. The standard InChI is InChI=1S/C14H21N3O2/c1-10(2)19-13-7-12(8-16-9-13)6-4-5-11(3)17-14(15)18/h4,6-11H,5H2,1-3H3,(H3,15,17,18)/b6-4+/t11-/m1/s1. The van der Waals surface area contributed by atoms with Crippen molar-refractivity contribution in [2.75, 3.05) is 0 Å². The first-order valence-corrected chi connectivity index (χ1v) is 6.31. The van der Waals surface area contributed by atoms with Crippen LogP contribution in [0.15, 0.2) is 24.5 Å². The summed E-state index contributed by atoms with van der Waals surface area (Å²) in [7, 11) is 0. The molecule has 1 heterocycles. The average molecular weight is 263 g/mol. The molecule has 0 aliphatic heterocycles. The van der Waals surface area contributed by atoms with E-state index in [9.17, 15) is 4.79 Å². The maximum absolute atomic E-state index is 10.7. The van der Waals surface area contributed by atoms with Gasteiger partial charge in [0, 0.05) is 12.2 Å². The first-order chi connectivity index (χ1) is 8.97. The molecule has 0 radical (unpaired) electrons. The third-order valence-electron chi connectivity index (χ3n) is 2.29. The van der Waals surface area contributed by atoms with Gasteiger partial charge in [-0.3, -0.25) is 4.98 Å². The summed E-state index contributed by atoms with van der Waals surface area (Å²) >= 11 is 0. The lowest BCUT2D eigenvalue weighted by Crippen LogP contribution is -2.36. The zero-order valence-corrected chi connectivity index (χ0v) is 11.6. The van der Waals surface area contributed by atoms with Crippen molar-refractivity contribution in [1.29, 1.82) is 0 Å². The predicted octanol–water partition coefficient (Wildman–Crippen LogP) is 2.33. The van der Waals surface area contributed by atoms with Gasteiger partial charge in [-0.25, -0.2) is 4.79 Å². The Hall–Kier alpha value is -2.04. The lowest BCUT2D eigenvalue weighted by molar-refractivity contribution is 0.241. The van der Waals surface area contributed by atoms with Gasteiger partial charge >= 0.3 is 6.03 Å². The van der Waals surface area contributed by atoms with Gasteiger partial charge in [-0.15, -0.1) is 0 Å². The van der Waals surface area contributed by atoms with Crippen molar-refractivity contribution in [1.82, 2.24) is 10.3 Å². The summed E-state index contributed by atoms with van der Waals surface area (Å²) in [4.78, 5) is 14.8. The molecule has 5 heteroatoms. The molecule has 0 saturated heterocycles. The molecule has 19 heavy (non-hydrogen) atoms. The molecular formula is C14H21N3O2. The number of nitrogens with one attached hydrogen (secondary N) is 1. The number of primary amides is 1. The Morgan fingerprint density at radius 2 is 2.21 bits per heavy atom. The largest absolute Gasteiger partial charge is 0.489 e. The van der Waals surface area contributed by atoms with Gasteiger partial charge in [-0.1, -0.05) is 12.2 Å². The van der Waals surface area contributed by atoms with Gasteiger partial charge in [0.05, 0.1) is 12.3 Å². The summed E-state index contributed by atoms with van der Waals surface area (Å²) in [5.74, 6) is 0.750. The van der Waals surface area contributed by atoms with Crippen LogP contribution in [0.25, 0.3) is 6.08 Å². The lowest BCUT2D eigenvalue weighted by Gasteiger charge is -2.09. The monoisotopic (exact) mass is 263 g/mol. The van der Waals surface area contributed by atoms with Crippen molar-refractivity contribution in [3.05, 3.63) is 30.1 Å². The van der Waals surface area contributed by atoms with Crippen LogP contribution in [0, 0.1) is 0 Å². The van der Waals surface area contributed by atoms with Gasteiger partial charge in [0.2, 0.25) is 0 Å². The Labute approximate surface area is 113 Å². The summed E-state index contributed by atoms with van der Waals surface area (Å²) in [6.45, 7) is 5.84. The number of hydrogen-bond acceptors (Lipinski definition) is 3. The number of nitrogens with two attached hydrogens (primary N) is 1. The summed E-state index contributed by atoms with van der Waals surface area (Å²) in [5.41, 5.74) is 6.00. The minimum atomic E-state index is -0.505. The number of pyridine rings is 1. The van der Waals surface area contributed by atoms with Crippen LogP contribution in [0.3, 0.4) is 0 Å². The Morgan fingerprint density at radius 1 is 1.47 bits per heavy atom. The quantitative estimate of drug-likeness (QED) is 0.827. The molecule has 0 fully saturated rings. The van der Waals surface area contributed by atoms with Crippen LogP contribution in [0.1, 0.15) is 32.8 Å². The molecule has 5 nitrogen and oxygen atoms in total. The summed E-state index contributed by atoms with van der Waals surface area (Å²) in [5, 5.41) is 2.61. The van der Waals surface area contributed by atoms with Crippen molar-refractivity contribution >= 4 is 12.1 Å². The van der Waals surface area contributed by atoms with Crippen LogP contribution in [-0.2, 0) is 0 Å². The number of rotatable bonds is 6. The summed E-state index contributed by atoms with van der Waals surface area (Å²) in [6, 6.07) is 1.43. The number of carbonyl (C=O) groups excluding carboxylic acids is 1. The van der Waals surface area contributed by atoms with Gasteiger partial charge in [0.15, 0.2) is 0 Å². The molecule has 0 aliphatic carbocycles. The van der Waals surface area contributed by atoms with E-state index in [1.807, 2.05) is 39.0 Å². The van der Waals surface area contributed by atoms with Crippen LogP contribution in [0.5, 0.6) is 5.75 Å². The molecule has 0 bridgehead atoms. The Balaban J connectivity index is 2.54. The van der Waals surface area contributed by atoms with E-state index in [-0.39, 0.29) is 12.1 Å². The first kappa shape index (κ1) is 15.0. The number of nitrogens with zero attached hydrogens (tertiary/aromatic N) is 1. The van der Waals surface area contributed by atoms with Crippen LogP contribution in [0.4, 0.5) is 4.79 Å². The van der Waals surface area contributed by atoms with Gasteiger partial charge in [0.25, 0.3) is 0 Å². The second-order valence-corrected chi connectivity index (χ2v) is 4.67. The van der Waals surface area contributed by atoms with Crippen molar-refractivity contribution < 1.29 is 9.53 Å². The molecule has 0 unspecified atom stereocenters. The SMILES string of the molecule is CC(C)Oc1cncc(/C=C/C[C@@H](C)NC(N)=O)c1. The number of aromatic nitrogens is 1. The molecule has 0 aromatic carbocycles. The van der Waals surface area contributed by atoms with Crippen molar-refractivity contribution in [2.24, 2.45) is 5.73 Å². The summed E-state index contributed by atoms with van der Waals surface area (Å²) in [6.07, 6.45) is 8.19. The molecule has 1 aromatic rings. The van der Waals surface area contributed by atoms with E-state index in [4.69, 9.17) is 10.5 Å². The molecule has 0 aliphatic rings. The maximum atomic E-state index is 10.7. The molecule has 1 rings (SSSR count). The zero-order valence-electron chi connectivity index (χ0n) is 11.6. The molecule has 2 amide bonds. The van der Waals surface area contributed by atoms with E-state index in [0.717, 1.165) is 11.3 Å². The fourth-order valence-corrected chi connectivity index (χ4v) is 1.57. The molecule has 1 aromatic heterocycles. The topological polar surface area (TPSA) is 77.2 Å². The molecule has 104 valence electrons. The third kappa shape index (κ3) is 6.45. The smallest absolute Gasteiger partial charge is 0.312 e. The van der Waals surface area contributed by atoms with Crippen LogP contribution in [0.2, 0.25) is 0 Å². The number of amides is 2. The van der Waals surface area contributed by atoms with Gasteiger partial charge in [-0.2, -0.15) is 0 Å². The Kier molecular flexibility index (Phi) is 5.85. The Morgan fingerprint density at radius 3 is 2.84 bits per heavy atom. The van der Waals surface area contributed by atoms with Crippen molar-refractivity contribution in [3.8, 4) is 5.75 Å². The van der Waals surface area contributed by atoms with Crippen LogP contribution < -0.4 is 15.8 Å². The summed E-state index contributed by atoms with van der Waals surface area (Å²) < 4.78 is 5.56. The minimum Gasteiger partial charge on any atom is -0.489 e. The van der Waals surface area contributed by atoms with Gasteiger partial charge in [0.1, 0.15) is 5.75 Å². The maximum Gasteiger partial charge on any atom is 0.312 e. The number of carbonyl (C=O) groups is 1. The highest BCUT2D eigenvalue weighted by Gasteiger charge is 2.01. The van der Waals surface area contributed by atoms with E-state index >= 15 is 0 Å². The Bertz CT molecular complexity index is 444. The van der Waals surface area contributed by atoms with Gasteiger partial charge < -0.3 is 15.8 Å². The van der Waals surface area contributed by atoms with E-state index < -0.39 is 6.03 Å². The van der Waals surface area contributed by atoms with Crippen LogP contribution in [-0.4, -0.2) is 23.2 Å². The molecular weight excluding hydrogens is 242 g/mol. The number of hydrogen-bond donors (Lipinski definition) is 2. The van der Waals surface area contributed by atoms with Crippen LogP contribution >= 0.6 is 0 Å². The average Bonchev–Trinajstić information content (AvgIpc) is 2.27. The normalized spacial score (nSPS) is 12.6. The molecule has 3 N–H and O–H groups in total. The lowest BCUT2D eigenvalue weighted by atomic mass is 10.2. The fraction of sp³-hybridized carbons (Fsp3) is 0.429. The number of ether oxygens (including phenoxy) is 1. The van der Waals surface area contributed by atoms with Gasteiger partial charge in [-0.05, 0) is 38.8 Å². The molecule has 0 saturated carbocycles.